The van der Waals surface area contributed by atoms with Crippen LogP contribution in [0.15, 0.2) is 47.5 Å². The lowest BCUT2D eigenvalue weighted by molar-refractivity contribution is 0.285. The van der Waals surface area contributed by atoms with Crippen LogP contribution in [0.4, 0.5) is 5.69 Å². The smallest absolute Gasteiger partial charge is 0.192 e. The summed E-state index contributed by atoms with van der Waals surface area (Å²) >= 11 is 11.8. The molecule has 0 saturated carbocycles. The molecule has 1 unspecified atom stereocenters. The van der Waals surface area contributed by atoms with E-state index in [9.17, 15) is 0 Å². The Labute approximate surface area is 190 Å². The summed E-state index contributed by atoms with van der Waals surface area (Å²) in [4.78, 5) is 5.73. The second kappa shape index (κ2) is 8.79. The minimum atomic E-state index is -1.93. The quantitative estimate of drug-likeness (QED) is 0.418. The maximum absolute atomic E-state index is 6.46. The van der Waals surface area contributed by atoms with Crippen LogP contribution in [0.2, 0.25) is 23.2 Å². The molecule has 1 N–H and O–H groups in total. The van der Waals surface area contributed by atoms with Crippen LogP contribution in [0.3, 0.4) is 0 Å². The summed E-state index contributed by atoms with van der Waals surface area (Å²) in [6.07, 6.45) is 0. The highest BCUT2D eigenvalue weighted by Gasteiger charge is 2.38. The van der Waals surface area contributed by atoms with Gasteiger partial charge < -0.3 is 14.5 Å². The Kier molecular flexibility index (Phi) is 6.72. The highest BCUT2D eigenvalue weighted by Crippen LogP contribution is 2.37. The molecule has 7 heteroatoms. The maximum Gasteiger partial charge on any atom is 0.192 e. The molecule has 1 aliphatic heterocycles. The highest BCUT2D eigenvalue weighted by molar-refractivity contribution is 7.80. The normalized spacial score (nSPS) is 17.0. The van der Waals surface area contributed by atoms with Crippen LogP contribution in [0, 0.1) is 0 Å². The van der Waals surface area contributed by atoms with Crippen molar-refractivity contribution in [3.63, 3.8) is 0 Å². The second-order valence-corrected chi connectivity index (χ2v) is 14.7. The molecule has 0 amide bonds. The van der Waals surface area contributed by atoms with Gasteiger partial charge in [-0.05, 0) is 48.5 Å². The molecule has 30 heavy (non-hydrogen) atoms. The molecule has 0 saturated heterocycles. The van der Waals surface area contributed by atoms with Gasteiger partial charge in [0.2, 0.25) is 0 Å². The first-order chi connectivity index (χ1) is 14.0. The standard InChI is InChI=1S/C23H29ClN2O2SSi/c1-23(2,3)30(5,6)28-14-20-22(29)26-19-12-11-17(27-4)13-18(19)21(25-20)15-7-9-16(24)10-8-15/h7-13,20H,14H2,1-6H3,(H,26,29). The summed E-state index contributed by atoms with van der Waals surface area (Å²) in [5.74, 6) is 0.763. The van der Waals surface area contributed by atoms with Gasteiger partial charge in [-0.1, -0.05) is 56.7 Å². The Morgan fingerprint density at radius 2 is 1.80 bits per heavy atom. The Hall–Kier alpha value is -1.73. The Balaban J connectivity index is 2.04. The van der Waals surface area contributed by atoms with E-state index in [1.165, 1.54) is 0 Å². The van der Waals surface area contributed by atoms with Crippen molar-refractivity contribution in [3.05, 3.63) is 58.6 Å². The number of nitrogens with zero attached hydrogens (tertiary/aromatic N) is 1. The lowest BCUT2D eigenvalue weighted by Gasteiger charge is -2.36. The topological polar surface area (TPSA) is 42.9 Å². The molecule has 0 aromatic heterocycles. The summed E-state index contributed by atoms with van der Waals surface area (Å²) < 4.78 is 11.9. The van der Waals surface area contributed by atoms with Crippen LogP contribution in [0.5, 0.6) is 5.75 Å². The van der Waals surface area contributed by atoms with Crippen LogP contribution in [-0.4, -0.2) is 38.8 Å². The average Bonchev–Trinajstić information content (AvgIpc) is 2.82. The maximum atomic E-state index is 6.46. The van der Waals surface area contributed by atoms with Crippen LogP contribution in [0.1, 0.15) is 31.9 Å². The van der Waals surface area contributed by atoms with Gasteiger partial charge in [-0.3, -0.25) is 4.99 Å². The highest BCUT2D eigenvalue weighted by atomic mass is 35.5. The fourth-order valence-corrected chi connectivity index (χ4v) is 4.27. The molecule has 0 bridgehead atoms. The fourth-order valence-electron chi connectivity index (χ4n) is 2.91. The van der Waals surface area contributed by atoms with Crippen molar-refractivity contribution >= 4 is 48.5 Å². The first-order valence-corrected chi connectivity index (χ1v) is 13.7. The third-order valence-corrected chi connectivity index (χ3v) is 11.0. The molecule has 160 valence electrons. The number of fused-ring (bicyclic) bond motifs is 1. The summed E-state index contributed by atoms with van der Waals surface area (Å²) in [5.41, 5.74) is 3.66. The summed E-state index contributed by atoms with van der Waals surface area (Å²) in [7, 11) is -0.274. The van der Waals surface area contributed by atoms with E-state index < -0.39 is 8.32 Å². The van der Waals surface area contributed by atoms with Gasteiger partial charge in [-0.2, -0.15) is 0 Å². The van der Waals surface area contributed by atoms with Crippen LogP contribution in [-0.2, 0) is 4.43 Å². The lowest BCUT2D eigenvalue weighted by Crippen LogP contribution is -2.43. The minimum Gasteiger partial charge on any atom is -0.497 e. The number of benzene rings is 2. The van der Waals surface area contributed by atoms with Gasteiger partial charge in [0.25, 0.3) is 0 Å². The van der Waals surface area contributed by atoms with Crippen LogP contribution >= 0.6 is 23.8 Å². The summed E-state index contributed by atoms with van der Waals surface area (Å²) in [6.45, 7) is 11.6. The number of ether oxygens (including phenoxy) is 1. The number of anilines is 1. The molecule has 1 aliphatic rings. The third kappa shape index (κ3) is 4.94. The van der Waals surface area contributed by atoms with E-state index in [0.29, 0.717) is 16.6 Å². The molecule has 2 aromatic rings. The monoisotopic (exact) mass is 460 g/mol. The van der Waals surface area contributed by atoms with Crippen LogP contribution < -0.4 is 10.1 Å². The van der Waals surface area contributed by atoms with E-state index in [-0.39, 0.29) is 11.1 Å². The number of benzodiazepines with no additional fused rings is 1. The SMILES string of the molecule is COc1ccc2c(c1)C(c1ccc(Cl)cc1)=NC(CO[Si](C)(C)C(C)(C)C)C(=S)N2. The number of hydrogen-bond donors (Lipinski definition) is 1. The number of hydrogen-bond acceptors (Lipinski definition) is 4. The Morgan fingerprint density at radius 3 is 2.40 bits per heavy atom. The van der Waals surface area contributed by atoms with Gasteiger partial charge in [-0.15, -0.1) is 0 Å². The molecule has 4 nitrogen and oxygen atoms in total. The van der Waals surface area contributed by atoms with Gasteiger partial charge in [0.05, 0.1) is 19.4 Å². The van der Waals surface area contributed by atoms with Gasteiger partial charge in [-0.25, -0.2) is 0 Å². The van der Waals surface area contributed by atoms with E-state index >= 15 is 0 Å². The van der Waals surface area contributed by atoms with Crippen LogP contribution in [0.25, 0.3) is 0 Å². The largest absolute Gasteiger partial charge is 0.497 e. The van der Waals surface area contributed by atoms with Crippen molar-refractivity contribution in [2.24, 2.45) is 4.99 Å². The van der Waals surface area contributed by atoms with E-state index in [4.69, 9.17) is 38.0 Å². The zero-order chi connectivity index (χ0) is 22.1. The Morgan fingerprint density at radius 1 is 1.13 bits per heavy atom. The van der Waals surface area contributed by atoms with Crippen molar-refractivity contribution in [1.29, 1.82) is 0 Å². The van der Waals surface area contributed by atoms with Gasteiger partial charge >= 0.3 is 0 Å². The van der Waals surface area contributed by atoms with Gasteiger partial charge in [0.1, 0.15) is 16.8 Å². The average molecular weight is 461 g/mol. The van der Waals surface area contributed by atoms with E-state index in [1.807, 2.05) is 42.5 Å². The molecule has 3 rings (SSSR count). The summed E-state index contributed by atoms with van der Waals surface area (Å²) in [6, 6.07) is 13.3. The molecular formula is C23H29ClN2O2SSi. The fraction of sp³-hybridized carbons (Fsp3) is 0.391. The molecule has 0 radical (unpaired) electrons. The number of rotatable bonds is 5. The predicted octanol–water partition coefficient (Wildman–Crippen LogP) is 6.33. The zero-order valence-corrected chi connectivity index (χ0v) is 20.9. The predicted molar refractivity (Wildman–Crippen MR) is 133 cm³/mol. The molecule has 0 spiro atoms. The third-order valence-electron chi connectivity index (χ3n) is 5.85. The number of thiocarbonyl (C=S) groups is 1. The van der Waals surface area contributed by atoms with Crippen molar-refractivity contribution in [1.82, 2.24) is 0 Å². The zero-order valence-electron chi connectivity index (χ0n) is 18.4. The minimum absolute atomic E-state index is 0.117. The van der Waals surface area contributed by atoms with E-state index in [2.05, 4.69) is 39.2 Å². The lowest BCUT2D eigenvalue weighted by atomic mass is 10.0. The van der Waals surface area contributed by atoms with Crippen molar-refractivity contribution in [2.45, 2.75) is 44.9 Å². The van der Waals surface area contributed by atoms with E-state index in [0.717, 1.165) is 28.3 Å². The molecular weight excluding hydrogens is 432 g/mol. The van der Waals surface area contributed by atoms with Crippen molar-refractivity contribution < 1.29 is 9.16 Å². The first-order valence-electron chi connectivity index (χ1n) is 9.99. The Bertz CT molecular complexity index is 968. The van der Waals surface area contributed by atoms with Gasteiger partial charge in [0.15, 0.2) is 8.32 Å². The number of halogens is 1. The van der Waals surface area contributed by atoms with Crippen molar-refractivity contribution in [2.75, 3.05) is 19.0 Å². The first kappa shape index (κ1) is 22.9. The summed E-state index contributed by atoms with van der Waals surface area (Å²) in [5, 5.41) is 4.18. The number of aliphatic imine (C=N–C) groups is 1. The molecule has 2 aromatic carbocycles. The van der Waals surface area contributed by atoms with Crippen molar-refractivity contribution in [3.8, 4) is 5.75 Å². The number of methoxy groups -OCH3 is 1. The van der Waals surface area contributed by atoms with Gasteiger partial charge in [0, 0.05) is 21.8 Å². The van der Waals surface area contributed by atoms with E-state index in [1.54, 1.807) is 7.11 Å². The molecule has 0 aliphatic carbocycles. The molecule has 0 fully saturated rings. The number of nitrogens with one attached hydrogen (secondary N) is 1. The molecule has 1 atom stereocenters. The second-order valence-electron chi connectivity index (χ2n) is 8.97. The molecule has 1 heterocycles.